The molecule has 0 spiro atoms. The van der Waals surface area contributed by atoms with E-state index < -0.39 is 0 Å². The number of fused-ring (bicyclic) bond motifs is 1. The van der Waals surface area contributed by atoms with Crippen LogP contribution < -0.4 is 0 Å². The van der Waals surface area contributed by atoms with E-state index in [1.165, 1.54) is 0 Å². The molecule has 2 heteroatoms. The molecule has 2 saturated carbocycles. The van der Waals surface area contributed by atoms with Gasteiger partial charge in [-0.2, -0.15) is 0 Å². The monoisotopic (exact) mass is 140 g/mol. The molecule has 2 aliphatic rings. The quantitative estimate of drug-likeness (QED) is 0.538. The van der Waals surface area contributed by atoms with Crippen LogP contribution in [0.3, 0.4) is 0 Å². The average Bonchev–Trinajstić information content (AvgIpc) is 1.91. The number of aliphatic hydroxyl groups excluding tert-OH is 1. The van der Waals surface area contributed by atoms with E-state index in [2.05, 4.69) is 0 Å². The van der Waals surface area contributed by atoms with Gasteiger partial charge in [-0.05, 0) is 12.8 Å². The van der Waals surface area contributed by atoms with Gasteiger partial charge in [0.2, 0.25) is 0 Å². The highest BCUT2D eigenvalue weighted by atomic mass is 16.3. The molecule has 0 radical (unpaired) electrons. The first-order valence-corrected chi connectivity index (χ1v) is 4.00. The van der Waals surface area contributed by atoms with E-state index in [9.17, 15) is 9.90 Å². The molecule has 1 N–H and O–H groups in total. The van der Waals surface area contributed by atoms with Crippen molar-refractivity contribution in [1.82, 2.24) is 0 Å². The van der Waals surface area contributed by atoms with Crippen LogP contribution in [-0.2, 0) is 4.79 Å². The fourth-order valence-corrected chi connectivity index (χ4v) is 2.14. The molecule has 3 unspecified atom stereocenters. The van der Waals surface area contributed by atoms with E-state index in [1.807, 2.05) is 0 Å². The molecule has 0 aromatic rings. The SMILES string of the molecule is O=C1CC2C(O)CCCC12. The van der Waals surface area contributed by atoms with Gasteiger partial charge in [-0.3, -0.25) is 4.79 Å². The maximum Gasteiger partial charge on any atom is 0.136 e. The van der Waals surface area contributed by atoms with Gasteiger partial charge in [0.05, 0.1) is 6.10 Å². The Labute approximate surface area is 60.2 Å². The van der Waals surface area contributed by atoms with Crippen molar-refractivity contribution in [1.29, 1.82) is 0 Å². The maximum absolute atomic E-state index is 10.9. The first-order valence-electron chi connectivity index (χ1n) is 4.00. The van der Waals surface area contributed by atoms with Crippen LogP contribution in [0.2, 0.25) is 0 Å². The van der Waals surface area contributed by atoms with Gasteiger partial charge in [0.25, 0.3) is 0 Å². The molecule has 0 heterocycles. The zero-order chi connectivity index (χ0) is 7.14. The predicted octanol–water partition coefficient (Wildman–Crippen LogP) is 0.736. The largest absolute Gasteiger partial charge is 0.393 e. The summed E-state index contributed by atoms with van der Waals surface area (Å²) in [5, 5.41) is 9.36. The minimum atomic E-state index is -0.170. The summed E-state index contributed by atoms with van der Waals surface area (Å²) in [5.74, 6) is 0.953. The maximum atomic E-state index is 10.9. The van der Waals surface area contributed by atoms with Gasteiger partial charge in [-0.25, -0.2) is 0 Å². The van der Waals surface area contributed by atoms with E-state index in [-0.39, 0.29) is 12.0 Å². The van der Waals surface area contributed by atoms with E-state index in [0.29, 0.717) is 18.1 Å². The first kappa shape index (κ1) is 6.35. The van der Waals surface area contributed by atoms with Crippen molar-refractivity contribution in [3.05, 3.63) is 0 Å². The van der Waals surface area contributed by atoms with Crippen LogP contribution in [-0.4, -0.2) is 17.0 Å². The second kappa shape index (κ2) is 2.06. The molecular formula is C8H12O2. The minimum Gasteiger partial charge on any atom is -0.393 e. The Morgan fingerprint density at radius 2 is 2.20 bits per heavy atom. The number of rotatable bonds is 0. The zero-order valence-corrected chi connectivity index (χ0v) is 5.92. The lowest BCUT2D eigenvalue weighted by Crippen LogP contribution is -2.46. The van der Waals surface area contributed by atoms with Gasteiger partial charge in [0, 0.05) is 18.3 Å². The van der Waals surface area contributed by atoms with E-state index in [0.717, 1.165) is 19.3 Å². The van der Waals surface area contributed by atoms with Crippen LogP contribution in [0.4, 0.5) is 0 Å². The molecule has 0 aliphatic heterocycles. The number of ketones is 1. The molecule has 2 aliphatic carbocycles. The van der Waals surface area contributed by atoms with Gasteiger partial charge in [0.15, 0.2) is 0 Å². The Bertz CT molecular complexity index is 165. The summed E-state index contributed by atoms with van der Waals surface area (Å²) < 4.78 is 0. The molecule has 2 nitrogen and oxygen atoms in total. The van der Waals surface area contributed by atoms with Crippen LogP contribution in [0.25, 0.3) is 0 Å². The van der Waals surface area contributed by atoms with Crippen LogP contribution in [0, 0.1) is 11.8 Å². The molecular weight excluding hydrogens is 128 g/mol. The Morgan fingerprint density at radius 3 is 2.80 bits per heavy atom. The third-order valence-corrected chi connectivity index (χ3v) is 2.88. The Balaban J connectivity index is 2.05. The smallest absolute Gasteiger partial charge is 0.136 e. The lowest BCUT2D eigenvalue weighted by molar-refractivity contribution is -0.143. The van der Waals surface area contributed by atoms with Gasteiger partial charge < -0.3 is 5.11 Å². The normalized spacial score (nSPS) is 46.1. The van der Waals surface area contributed by atoms with Gasteiger partial charge in [-0.15, -0.1) is 0 Å². The summed E-state index contributed by atoms with van der Waals surface area (Å²) in [6.45, 7) is 0. The van der Waals surface area contributed by atoms with Crippen molar-refractivity contribution in [3.63, 3.8) is 0 Å². The van der Waals surface area contributed by atoms with Crippen LogP contribution >= 0.6 is 0 Å². The molecule has 0 aromatic heterocycles. The minimum absolute atomic E-state index is 0.170. The van der Waals surface area contributed by atoms with Gasteiger partial charge in [-0.1, -0.05) is 6.42 Å². The standard InChI is InChI=1S/C8H12O2/c9-7-3-1-2-5-6(7)4-8(5)10/h5-7,9H,1-4H2. The van der Waals surface area contributed by atoms with Crippen LogP contribution in [0.15, 0.2) is 0 Å². The van der Waals surface area contributed by atoms with Crippen molar-refractivity contribution in [2.24, 2.45) is 11.8 Å². The van der Waals surface area contributed by atoms with Crippen LogP contribution in [0.1, 0.15) is 25.7 Å². The number of aliphatic hydroxyl groups is 1. The third-order valence-electron chi connectivity index (χ3n) is 2.88. The van der Waals surface area contributed by atoms with E-state index in [4.69, 9.17) is 0 Å². The second-order valence-corrected chi connectivity index (χ2v) is 3.44. The number of hydrogen-bond donors (Lipinski definition) is 1. The number of carbonyl (C=O) groups is 1. The number of carbonyl (C=O) groups excluding carboxylic acids is 1. The highest BCUT2D eigenvalue weighted by molar-refractivity contribution is 5.87. The van der Waals surface area contributed by atoms with Crippen LogP contribution in [0.5, 0.6) is 0 Å². The van der Waals surface area contributed by atoms with Crippen molar-refractivity contribution in [2.45, 2.75) is 31.8 Å². The average molecular weight is 140 g/mol. The van der Waals surface area contributed by atoms with Crippen molar-refractivity contribution in [2.75, 3.05) is 0 Å². The Kier molecular flexibility index (Phi) is 1.31. The topological polar surface area (TPSA) is 37.3 Å². The van der Waals surface area contributed by atoms with Gasteiger partial charge in [0.1, 0.15) is 5.78 Å². The zero-order valence-electron chi connectivity index (χ0n) is 5.92. The number of Topliss-reactive ketones (excluding diaryl/α,β-unsaturated/α-hetero) is 1. The molecule has 3 atom stereocenters. The lowest BCUT2D eigenvalue weighted by Gasteiger charge is -2.42. The summed E-state index contributed by atoms with van der Waals surface area (Å²) >= 11 is 0. The van der Waals surface area contributed by atoms with Crippen molar-refractivity contribution < 1.29 is 9.90 Å². The fraction of sp³-hybridized carbons (Fsp3) is 0.875. The molecule has 2 rings (SSSR count). The van der Waals surface area contributed by atoms with E-state index in [1.54, 1.807) is 0 Å². The summed E-state index contributed by atoms with van der Waals surface area (Å²) in [7, 11) is 0. The Morgan fingerprint density at radius 1 is 1.40 bits per heavy atom. The van der Waals surface area contributed by atoms with E-state index >= 15 is 0 Å². The predicted molar refractivity (Wildman–Crippen MR) is 36.5 cm³/mol. The van der Waals surface area contributed by atoms with Crippen molar-refractivity contribution in [3.8, 4) is 0 Å². The van der Waals surface area contributed by atoms with Gasteiger partial charge >= 0.3 is 0 Å². The first-order chi connectivity index (χ1) is 4.79. The Hall–Kier alpha value is -0.370. The molecule has 0 aromatic carbocycles. The summed E-state index contributed by atoms with van der Waals surface area (Å²) in [6, 6.07) is 0. The lowest BCUT2D eigenvalue weighted by atomic mass is 9.63. The third kappa shape index (κ3) is 0.717. The molecule has 0 amide bonds. The second-order valence-electron chi connectivity index (χ2n) is 3.44. The molecule has 0 bridgehead atoms. The van der Waals surface area contributed by atoms with Crippen molar-refractivity contribution >= 4 is 5.78 Å². The highest BCUT2D eigenvalue weighted by Gasteiger charge is 2.45. The summed E-state index contributed by atoms with van der Waals surface area (Å²) in [5.41, 5.74) is 0. The molecule has 10 heavy (non-hydrogen) atoms. The molecule has 56 valence electrons. The highest BCUT2D eigenvalue weighted by Crippen LogP contribution is 2.42. The summed E-state index contributed by atoms with van der Waals surface area (Å²) in [6.07, 6.45) is 3.45. The fourth-order valence-electron chi connectivity index (χ4n) is 2.14. The molecule has 2 fully saturated rings. The summed E-state index contributed by atoms with van der Waals surface area (Å²) in [4.78, 5) is 10.9. The number of hydrogen-bond acceptors (Lipinski definition) is 2. The molecule has 0 saturated heterocycles.